The van der Waals surface area contributed by atoms with E-state index in [2.05, 4.69) is 35.1 Å². The largest absolute Gasteiger partial charge is 0.447 e. The quantitative estimate of drug-likeness (QED) is 0.0278. The fourth-order valence-corrected chi connectivity index (χ4v) is 8.97. The summed E-state index contributed by atoms with van der Waals surface area (Å²) in [7, 11) is -1.14. The molecule has 0 fully saturated rings. The number of nitrogens with one attached hydrogen (secondary N) is 2. The van der Waals surface area contributed by atoms with Gasteiger partial charge in [-0.1, -0.05) is 11.8 Å². The molecule has 2 amide bonds. The van der Waals surface area contributed by atoms with E-state index >= 15 is 0 Å². The minimum Gasteiger partial charge on any atom is -0.447 e. The lowest BCUT2D eigenvalue weighted by atomic mass is 10.8. The highest BCUT2D eigenvalue weighted by molar-refractivity contribution is 8.28. The second-order valence-electron chi connectivity index (χ2n) is 5.60. The van der Waals surface area contributed by atoms with Crippen molar-refractivity contribution in [2.24, 2.45) is 9.98 Å². The van der Waals surface area contributed by atoms with Gasteiger partial charge in [0.05, 0.1) is 58.2 Å². The predicted octanol–water partition coefficient (Wildman–Crippen LogP) is 2.91. The van der Waals surface area contributed by atoms with Gasteiger partial charge in [0.2, 0.25) is 6.40 Å². The summed E-state index contributed by atoms with van der Waals surface area (Å²) in [6, 6.07) is 0. The summed E-state index contributed by atoms with van der Waals surface area (Å²) in [6.07, 6.45) is 0.623. The minimum absolute atomic E-state index is 0.0232. The molecule has 0 aromatic carbocycles. The smallest absolute Gasteiger partial charge is 0.407 e. The zero-order valence-corrected chi connectivity index (χ0v) is 26.4. The van der Waals surface area contributed by atoms with E-state index in [1.54, 1.807) is 47.0 Å². The summed E-state index contributed by atoms with van der Waals surface area (Å²) in [5, 5.41) is 25.6. The van der Waals surface area contributed by atoms with Crippen molar-refractivity contribution in [3.8, 4) is 0 Å². The standard InChI is InChI=1S/C17H32N4O8S8/c22-1-3-27-16(24)20-8-32-12-31-7-19-10-37(26)15-35-13-34-14-36-17(25)21-9-33-11-30-6-18-5-29-28-4-2-23/h5,10,22-23H,1-4,6-9,11-15H2,(H,20,24)(H,21,25)/b18-5+,19-10+. The van der Waals surface area contributed by atoms with Crippen LogP contribution in [0.3, 0.4) is 0 Å². The fourth-order valence-electron chi connectivity index (χ4n) is 1.47. The van der Waals surface area contributed by atoms with Crippen molar-refractivity contribution in [2.45, 2.75) is 0 Å². The van der Waals surface area contributed by atoms with E-state index < -0.39 is 16.9 Å². The highest BCUT2D eigenvalue weighted by Crippen LogP contribution is 2.19. The number of carbonyl (C=O) groups is 2. The maximum atomic E-state index is 11.9. The molecule has 0 saturated heterocycles. The van der Waals surface area contributed by atoms with E-state index in [0.29, 0.717) is 38.8 Å². The van der Waals surface area contributed by atoms with E-state index in [9.17, 15) is 13.8 Å². The number of carbonyl (C=O) groups excluding carboxylic acids is 2. The Morgan fingerprint density at radius 3 is 2.24 bits per heavy atom. The molecule has 216 valence electrons. The van der Waals surface area contributed by atoms with Gasteiger partial charge in [0.25, 0.3) is 5.24 Å². The molecule has 20 heteroatoms. The molecular weight excluding hydrogens is 645 g/mol. The molecule has 12 nitrogen and oxygen atoms in total. The van der Waals surface area contributed by atoms with Gasteiger partial charge < -0.3 is 30.5 Å². The van der Waals surface area contributed by atoms with Gasteiger partial charge in [-0.05, 0) is 0 Å². The third-order valence-electron chi connectivity index (χ3n) is 2.82. The summed E-state index contributed by atoms with van der Waals surface area (Å²) < 4.78 is 16.6. The SMILES string of the molecule is O=C(NCSCSC/N=C/S(=O)CSCSCSC(=O)NCSCSC/N=C/OOCCO)OCCO. The molecule has 1 unspecified atom stereocenters. The van der Waals surface area contributed by atoms with Crippen LogP contribution >= 0.6 is 82.3 Å². The Bertz CT molecular complexity index is 654. The summed E-state index contributed by atoms with van der Waals surface area (Å²) in [5.41, 5.74) is 1.45. The van der Waals surface area contributed by atoms with E-state index in [-0.39, 0.29) is 31.7 Å². The first-order valence-electron chi connectivity index (χ1n) is 10.2. The van der Waals surface area contributed by atoms with Gasteiger partial charge in [0, 0.05) is 20.3 Å². The molecule has 0 aromatic heterocycles. The van der Waals surface area contributed by atoms with Crippen molar-refractivity contribution >= 4 is 116 Å². The highest BCUT2D eigenvalue weighted by atomic mass is 32.3. The van der Waals surface area contributed by atoms with Crippen molar-refractivity contribution in [3.63, 3.8) is 0 Å². The third-order valence-corrected chi connectivity index (χ3v) is 11.7. The first-order chi connectivity index (χ1) is 18.1. The maximum absolute atomic E-state index is 11.9. The summed E-state index contributed by atoms with van der Waals surface area (Å²) in [5.74, 6) is 1.91. The average Bonchev–Trinajstić information content (AvgIpc) is 2.89. The Balaban J connectivity index is 3.42. The van der Waals surface area contributed by atoms with Crippen LogP contribution in [0.5, 0.6) is 0 Å². The van der Waals surface area contributed by atoms with Crippen molar-refractivity contribution in [2.75, 3.05) is 75.4 Å². The summed E-state index contributed by atoms with van der Waals surface area (Å²) in [4.78, 5) is 40.1. The zero-order chi connectivity index (χ0) is 27.2. The van der Waals surface area contributed by atoms with Gasteiger partial charge in [0.15, 0.2) is 0 Å². The second-order valence-corrected chi connectivity index (χ2v) is 15.5. The molecule has 0 rings (SSSR count). The molecule has 0 radical (unpaired) electrons. The van der Waals surface area contributed by atoms with Crippen LogP contribution in [0.1, 0.15) is 0 Å². The number of hydrogen-bond acceptors (Lipinski definition) is 17. The van der Waals surface area contributed by atoms with Crippen LogP contribution in [0.15, 0.2) is 9.98 Å². The maximum Gasteiger partial charge on any atom is 0.407 e. The number of aliphatic hydroxyl groups is 2. The molecule has 4 N–H and O–H groups in total. The van der Waals surface area contributed by atoms with E-state index in [1.807, 2.05) is 0 Å². The number of alkyl carbamates (subject to hydrolysis) is 1. The van der Waals surface area contributed by atoms with Gasteiger partial charge in [-0.25, -0.2) is 9.79 Å². The van der Waals surface area contributed by atoms with Gasteiger partial charge in [-0.3, -0.25) is 14.0 Å². The third kappa shape index (κ3) is 30.8. The molecule has 0 aliphatic carbocycles. The lowest BCUT2D eigenvalue weighted by molar-refractivity contribution is -0.221. The van der Waals surface area contributed by atoms with Crippen molar-refractivity contribution in [3.05, 3.63) is 0 Å². The van der Waals surface area contributed by atoms with Crippen LogP contribution in [0.4, 0.5) is 9.59 Å². The molecule has 0 spiro atoms. The number of aliphatic imine (C=N–C) groups is 2. The Morgan fingerprint density at radius 2 is 1.51 bits per heavy atom. The Labute approximate surface area is 249 Å². The number of ether oxygens (including phenoxy) is 1. The molecule has 0 saturated carbocycles. The Morgan fingerprint density at radius 1 is 0.838 bits per heavy atom. The molecule has 37 heavy (non-hydrogen) atoms. The lowest BCUT2D eigenvalue weighted by Gasteiger charge is -2.04. The Kier molecular flexibility index (Phi) is 31.2. The molecule has 1 atom stereocenters. The summed E-state index contributed by atoms with van der Waals surface area (Å²) >= 11 is 10.5. The van der Waals surface area contributed by atoms with Crippen LogP contribution < -0.4 is 10.6 Å². The van der Waals surface area contributed by atoms with Gasteiger partial charge >= 0.3 is 6.09 Å². The second kappa shape index (κ2) is 30.9. The summed E-state index contributed by atoms with van der Waals surface area (Å²) in [6.45, 7) is -0.244. The number of hydrogen-bond donors (Lipinski definition) is 4. The molecular formula is C17H32N4O8S8. The molecule has 0 bridgehead atoms. The van der Waals surface area contributed by atoms with Crippen molar-refractivity contribution < 1.29 is 38.5 Å². The number of rotatable bonds is 25. The number of thioether (sulfide) groups is 7. The average molecular weight is 677 g/mol. The van der Waals surface area contributed by atoms with E-state index in [0.717, 1.165) is 10.2 Å². The van der Waals surface area contributed by atoms with E-state index in [1.165, 1.54) is 47.2 Å². The van der Waals surface area contributed by atoms with Crippen molar-refractivity contribution in [1.82, 2.24) is 10.6 Å². The first kappa shape index (κ1) is 37.4. The molecule has 0 aliphatic heterocycles. The molecule has 0 aliphatic rings. The number of aliphatic hydroxyl groups excluding tert-OH is 2. The van der Waals surface area contributed by atoms with Crippen LogP contribution in [-0.2, 0) is 25.3 Å². The lowest BCUT2D eigenvalue weighted by Crippen LogP contribution is -2.24. The normalized spacial score (nSPS) is 12.2. The monoisotopic (exact) mass is 676 g/mol. The van der Waals surface area contributed by atoms with Crippen molar-refractivity contribution in [1.29, 1.82) is 0 Å². The minimum atomic E-state index is -1.14. The topological polar surface area (TPSA) is 168 Å². The fraction of sp³-hybridized carbons (Fsp3) is 0.765. The Hall–Kier alpha value is 0.360. The highest BCUT2D eigenvalue weighted by Gasteiger charge is 2.03. The van der Waals surface area contributed by atoms with Crippen LogP contribution in [-0.4, -0.2) is 113 Å². The number of amides is 2. The van der Waals surface area contributed by atoms with E-state index in [4.69, 9.17) is 10.2 Å². The van der Waals surface area contributed by atoms with Gasteiger partial charge in [-0.15, -0.1) is 70.6 Å². The molecule has 0 heterocycles. The van der Waals surface area contributed by atoms with Gasteiger partial charge in [0.1, 0.15) is 13.2 Å². The number of nitrogens with zero attached hydrogens (tertiary/aromatic N) is 2. The zero-order valence-electron chi connectivity index (χ0n) is 19.9. The predicted molar refractivity (Wildman–Crippen MR) is 166 cm³/mol. The van der Waals surface area contributed by atoms with Crippen LogP contribution in [0.25, 0.3) is 0 Å². The van der Waals surface area contributed by atoms with Gasteiger partial charge in [-0.2, -0.15) is 4.89 Å². The van der Waals surface area contributed by atoms with Crippen LogP contribution in [0.2, 0.25) is 0 Å². The van der Waals surface area contributed by atoms with Crippen LogP contribution in [0, 0.1) is 0 Å². The molecule has 0 aromatic rings. The first-order valence-corrected chi connectivity index (χ1v) is 19.5.